The fourth-order valence-electron chi connectivity index (χ4n) is 18.3. The van der Waals surface area contributed by atoms with E-state index in [0.717, 1.165) is 56.1 Å². The molecule has 32 heteroatoms. The predicted molar refractivity (Wildman–Crippen MR) is 374 cm³/mol. The van der Waals surface area contributed by atoms with E-state index in [1.807, 2.05) is 52.9 Å². The molecular formula is C72H80N10O20S2. The van der Waals surface area contributed by atoms with Gasteiger partial charge in [-0.25, -0.2) is 24.4 Å². The Hall–Kier alpha value is -9.54. The summed E-state index contributed by atoms with van der Waals surface area (Å²) >= 11 is 1.39. The van der Waals surface area contributed by atoms with Crippen LogP contribution in [-0.4, -0.2) is 204 Å². The number of aromatic nitrogens is 4. The number of aromatic carboxylic acids is 1. The number of aliphatic carboxylic acids is 1. The number of unbranched alkanes of at least 4 members (excludes halogenated alkanes) is 2. The van der Waals surface area contributed by atoms with Crippen LogP contribution in [0.1, 0.15) is 115 Å². The Labute approximate surface area is 600 Å². The number of carbonyl (C=O) groups excluding carboxylic acids is 6. The molecule has 550 valence electrons. The summed E-state index contributed by atoms with van der Waals surface area (Å²) in [5.41, 5.74) is 3.88. The van der Waals surface area contributed by atoms with E-state index < -0.39 is 94.5 Å². The Balaban J connectivity index is 0.634. The molecule has 30 nitrogen and oxygen atoms in total. The molecule has 5 fully saturated rings. The number of aliphatic hydroxyl groups excluding tert-OH is 3. The third kappa shape index (κ3) is 13.5. The van der Waals surface area contributed by atoms with Gasteiger partial charge in [-0.3, -0.25) is 43.4 Å². The maximum Gasteiger partial charge on any atom is 0.410 e. The monoisotopic (exact) mass is 1470 g/mol. The number of fused-ring (bicyclic) bond motifs is 2. The molecule has 0 bridgehead atoms. The quantitative estimate of drug-likeness (QED) is 0.0142. The minimum Gasteiger partial charge on any atom is -0.479 e. The fraction of sp³-hybridized carbons (Fsp3) is 0.458. The molecule has 4 saturated carbocycles. The Morgan fingerprint density at radius 2 is 1.62 bits per heavy atom. The number of hydrogen-bond acceptors (Lipinski definition) is 22. The summed E-state index contributed by atoms with van der Waals surface area (Å²) in [6, 6.07) is 21.1. The number of pyridine rings is 1. The topological polar surface area (TPSA) is 418 Å². The van der Waals surface area contributed by atoms with Gasteiger partial charge in [-0.1, -0.05) is 68.0 Å². The second-order valence-electron chi connectivity index (χ2n) is 28.4. The number of carbonyl (C=O) groups is 8. The van der Waals surface area contributed by atoms with Gasteiger partial charge in [0.25, 0.3) is 27.8 Å². The van der Waals surface area contributed by atoms with Crippen LogP contribution in [0.3, 0.4) is 0 Å². The van der Waals surface area contributed by atoms with Crippen LogP contribution in [0.5, 0.6) is 5.75 Å². The van der Waals surface area contributed by atoms with Crippen molar-refractivity contribution in [3.8, 4) is 16.9 Å². The highest BCUT2D eigenvalue weighted by atomic mass is 32.2. The lowest BCUT2D eigenvalue weighted by atomic mass is 9.03. The first-order valence-electron chi connectivity index (χ1n) is 34.4. The van der Waals surface area contributed by atoms with E-state index in [-0.39, 0.29) is 96.3 Å². The molecule has 10 atom stereocenters. The van der Waals surface area contributed by atoms with Crippen LogP contribution in [0.4, 0.5) is 21.4 Å². The van der Waals surface area contributed by atoms with Crippen LogP contribution in [0.2, 0.25) is 0 Å². The molecule has 4 aliphatic carbocycles. The second-order valence-corrected chi connectivity index (χ2v) is 31.0. The Kier molecular flexibility index (Phi) is 19.9. The van der Waals surface area contributed by atoms with Crippen LogP contribution in [0.15, 0.2) is 97.2 Å². The van der Waals surface area contributed by atoms with Crippen molar-refractivity contribution in [2.45, 2.75) is 134 Å². The van der Waals surface area contributed by atoms with Crippen molar-refractivity contribution in [2.24, 2.45) is 21.7 Å². The number of amides is 6. The molecule has 104 heavy (non-hydrogen) atoms. The number of para-hydroxylation sites is 1. The molecule has 0 radical (unpaired) electrons. The van der Waals surface area contributed by atoms with Gasteiger partial charge in [-0.05, 0) is 128 Å². The predicted octanol–water partition coefficient (Wildman–Crippen LogP) is 5.97. The maximum atomic E-state index is 13.8. The molecule has 3 aromatic heterocycles. The van der Waals surface area contributed by atoms with Crippen molar-refractivity contribution >= 4 is 102 Å². The molecule has 7 aliphatic rings. The number of thiazole rings is 1. The SMILES string of the molecule is Cc1c(-c2ccc(N3CCc4cccc(C(=O)Nc5nc6ccccc6s5)c4C3)nc2C(=O)O)cnn1CC12CC3(C)CC4(C)CC(OCCN(CCS(=O)(=O)O)C(=O)OC/C=C/c5ccc(O[C@@H]6O[C@H](C(=O)O)C(O)[C@H](O)C6O)c(NC(=O)CCNC(=O)CCCCCN6C(=O)C=CC6=O)c5)(C1)C342. The van der Waals surface area contributed by atoms with E-state index in [9.17, 15) is 76.9 Å². The van der Waals surface area contributed by atoms with Crippen molar-refractivity contribution < 1.29 is 95.8 Å². The van der Waals surface area contributed by atoms with E-state index in [1.54, 1.807) is 24.4 Å². The summed E-state index contributed by atoms with van der Waals surface area (Å²) in [7, 11) is -4.55. The molecule has 1 saturated heterocycles. The third-order valence-corrected chi connectivity index (χ3v) is 23.5. The van der Waals surface area contributed by atoms with Crippen LogP contribution in [-0.2, 0) is 67.8 Å². The lowest BCUT2D eigenvalue weighted by Gasteiger charge is -3.02. The summed E-state index contributed by atoms with van der Waals surface area (Å²) in [4.78, 5) is 116. The van der Waals surface area contributed by atoms with Gasteiger partial charge in [0, 0.05) is 104 Å². The highest BCUT2D eigenvalue weighted by Crippen LogP contribution is 3.03. The minimum absolute atomic E-state index is 0.000383. The van der Waals surface area contributed by atoms with E-state index in [0.29, 0.717) is 84.9 Å². The number of rotatable bonds is 30. The van der Waals surface area contributed by atoms with Crippen LogP contribution < -0.4 is 25.6 Å². The standard InChI is InChI=1S/C72H80N10O20S2/c1-41-46(44-18-20-52(77-57(44)63(91)92)80-27-24-43-12-9-13-45(47(43)35-80)62(90)78-66-76-48-14-6-7-15-51(48)103-66)34-74-82(41)40-70-37-68(2)36-69(3)38-71(39-70,72(68,69)70)100-31-28-79(29-32-104(96,97)98)67(95)99-30-10-11-42-17-19-50(101-65-60(89)58(87)59(88)61(102-65)64(93)94)49(33-42)75-54(84)23-25-73-53(83)16-5-4-8-26-81-55(85)21-22-56(81)86/h6-7,9-15,17-22,33-34,58-61,65,87-89H,4-5,8,16,23-32,35-40H2,1-3H3,(H,73,83)(H,75,84)(H,91,92)(H,93,94)(H,76,78,90)(H,96,97,98)/b11-10+/t58-,59?,60?,61-,65+,68?,69?,70?,71?,72?/m0/s1. The van der Waals surface area contributed by atoms with Crippen molar-refractivity contribution in [1.82, 2.24) is 34.9 Å². The van der Waals surface area contributed by atoms with E-state index in [1.165, 1.54) is 53.8 Å². The number of nitrogens with zero attached hydrogens (tertiary/aromatic N) is 7. The first-order valence-corrected chi connectivity index (χ1v) is 36.8. The molecule has 1 spiro atoms. The molecular weight excluding hydrogens is 1390 g/mol. The number of carboxylic acid groups (broad SMARTS) is 2. The fourth-order valence-corrected chi connectivity index (χ4v) is 19.6. The zero-order chi connectivity index (χ0) is 73.8. The summed E-state index contributed by atoms with van der Waals surface area (Å²) in [6.07, 6.45) is 1.55. The number of benzene rings is 3. The normalized spacial score (nSPS) is 26.3. The van der Waals surface area contributed by atoms with Gasteiger partial charge in [-0.2, -0.15) is 13.5 Å². The van der Waals surface area contributed by atoms with Crippen molar-refractivity contribution in [3.63, 3.8) is 0 Å². The van der Waals surface area contributed by atoms with Gasteiger partial charge >= 0.3 is 18.0 Å². The van der Waals surface area contributed by atoms with E-state index in [2.05, 4.69) is 34.8 Å². The van der Waals surface area contributed by atoms with Crippen molar-refractivity contribution in [3.05, 3.63) is 131 Å². The number of anilines is 3. The smallest absolute Gasteiger partial charge is 0.410 e. The molecule has 13 rings (SSSR count). The lowest BCUT2D eigenvalue weighted by Crippen LogP contribution is -3.01. The molecule has 6 heterocycles. The zero-order valence-electron chi connectivity index (χ0n) is 57.2. The summed E-state index contributed by atoms with van der Waals surface area (Å²) in [5, 5.41) is 65.5. The van der Waals surface area contributed by atoms with Crippen LogP contribution in [0, 0.1) is 28.6 Å². The summed E-state index contributed by atoms with van der Waals surface area (Å²) < 4.78 is 60.5. The highest BCUT2D eigenvalue weighted by molar-refractivity contribution is 7.85. The number of carboxylic acids is 2. The number of ether oxygens (including phenoxy) is 4. The van der Waals surface area contributed by atoms with Crippen LogP contribution >= 0.6 is 11.3 Å². The second kappa shape index (κ2) is 28.5. The number of hydrogen-bond donors (Lipinski definition) is 9. The summed E-state index contributed by atoms with van der Waals surface area (Å²) in [5.74, 6) is -5.44. The molecule has 3 aromatic carbocycles. The van der Waals surface area contributed by atoms with E-state index in [4.69, 9.17) is 29.0 Å². The maximum absolute atomic E-state index is 13.8. The average Bonchev–Trinajstić information content (AvgIpc) is 0.602. The van der Waals surface area contributed by atoms with Gasteiger partial charge in [0.1, 0.15) is 36.5 Å². The molecule has 9 N–H and O–H groups in total. The zero-order valence-corrected chi connectivity index (χ0v) is 58.8. The minimum atomic E-state index is -4.55. The van der Waals surface area contributed by atoms with E-state index >= 15 is 0 Å². The Morgan fingerprint density at radius 1 is 0.837 bits per heavy atom. The summed E-state index contributed by atoms with van der Waals surface area (Å²) in [6.45, 7) is 7.10. The average molecular weight is 1470 g/mol. The van der Waals surface area contributed by atoms with Crippen molar-refractivity contribution in [2.75, 3.05) is 67.2 Å². The number of aliphatic hydroxyl groups is 3. The molecule has 6 aromatic rings. The van der Waals surface area contributed by atoms with Crippen molar-refractivity contribution in [1.29, 1.82) is 0 Å². The largest absolute Gasteiger partial charge is 0.479 e. The molecule has 3 aliphatic heterocycles. The number of nitrogens with one attached hydrogen (secondary N) is 3. The molecule has 7 unspecified atom stereocenters. The molecule has 6 amide bonds. The van der Waals surface area contributed by atoms with Crippen LogP contribution in [0.25, 0.3) is 27.4 Å². The third-order valence-electron chi connectivity index (χ3n) is 21.8. The van der Waals surface area contributed by atoms with Gasteiger partial charge in [-0.15, -0.1) is 0 Å². The van der Waals surface area contributed by atoms with Gasteiger partial charge in [0.05, 0.1) is 40.1 Å². The lowest BCUT2D eigenvalue weighted by molar-refractivity contribution is -0.570. The first-order chi connectivity index (χ1) is 49.5. The van der Waals surface area contributed by atoms with Gasteiger partial charge in [0.2, 0.25) is 18.1 Å². The highest BCUT2D eigenvalue weighted by Gasteiger charge is 3.02. The van der Waals surface area contributed by atoms with Gasteiger partial charge in [0.15, 0.2) is 16.9 Å². The number of imide groups is 1. The Bertz CT molecular complexity index is 4580. The van der Waals surface area contributed by atoms with Gasteiger partial charge < -0.3 is 64.9 Å². The first kappa shape index (κ1) is 72.8. The Morgan fingerprint density at radius 3 is 2.36 bits per heavy atom.